The SMILES string of the molecule is C=CC(=O)Cl.C=CC(=O)Nc1cc(Cc2ncc(Cl)c(Nc3ccccc3P(C)(C)=O)n2)c(OC)cc1N1CCN(C)CC1.COc1cc(N2CCN(C)CC2)c(N)cc1Cc1ncc(Cl)c(Nc2ccccc2P(C)(C)=O)n1.COc1cc(N2CCN(C)CC2)c(NC(=O)OC(C)(C)C)cc1Cc1ncc(Cl)c(Nc2ccccc2P(C)(C)=O)n1. The second-order valence-electron chi connectivity index (χ2n) is 31.2. The Morgan fingerprint density at radius 2 is 0.760 bits per heavy atom. The lowest BCUT2D eigenvalue weighted by atomic mass is 10.1. The zero-order valence-corrected chi connectivity index (χ0v) is 76.9. The Kier molecular flexibility index (Phi) is 33.6. The van der Waals surface area contributed by atoms with E-state index < -0.39 is 38.4 Å². The van der Waals surface area contributed by atoms with Gasteiger partial charge in [-0.1, -0.05) is 84.4 Å². The van der Waals surface area contributed by atoms with Gasteiger partial charge in [0.05, 0.1) is 91.1 Å². The number of amides is 2. The number of halogens is 4. The number of nitrogens with zero attached hydrogens (tertiary/aromatic N) is 12. The summed E-state index contributed by atoms with van der Waals surface area (Å²) in [5, 5.41) is 18.3. The monoisotopic (exact) mass is 1790 g/mol. The van der Waals surface area contributed by atoms with Crippen LogP contribution in [0.3, 0.4) is 0 Å². The molecule has 0 radical (unpaired) electrons. The summed E-state index contributed by atoms with van der Waals surface area (Å²) in [7, 11) is 3.62. The first-order valence-electron chi connectivity index (χ1n) is 39.0. The molecule has 6 aromatic carbocycles. The molecule has 3 saturated heterocycles. The van der Waals surface area contributed by atoms with Gasteiger partial charge >= 0.3 is 6.09 Å². The maximum absolute atomic E-state index is 12.9. The molecule has 3 aliphatic heterocycles. The summed E-state index contributed by atoms with van der Waals surface area (Å²) in [6, 6.07) is 33.9. The van der Waals surface area contributed by atoms with Gasteiger partial charge in [-0.3, -0.25) is 14.9 Å². The minimum Gasteiger partial charge on any atom is -0.496 e. The number of nitrogens with two attached hydrogens (primary N) is 1. The second-order valence-corrected chi connectivity index (χ2v) is 42.4. The average molecular weight is 1790 g/mol. The van der Waals surface area contributed by atoms with Crippen molar-refractivity contribution in [3.63, 3.8) is 0 Å². The number of piperazine rings is 3. The molecule has 0 unspecified atom stereocenters. The number of para-hydroxylation sites is 3. The molecule has 2 amide bonds. The van der Waals surface area contributed by atoms with Gasteiger partial charge in [0.2, 0.25) is 11.1 Å². The summed E-state index contributed by atoms with van der Waals surface area (Å²) >= 11 is 24.0. The number of anilines is 12. The minimum atomic E-state index is -2.55. The van der Waals surface area contributed by atoms with Crippen LogP contribution in [-0.2, 0) is 47.3 Å². The molecule has 7 N–H and O–H groups in total. The number of methoxy groups -OCH3 is 3. The first-order chi connectivity index (χ1) is 57.2. The molecule has 121 heavy (non-hydrogen) atoms. The Labute approximate surface area is 729 Å². The molecule has 28 nitrogen and oxygen atoms in total. The van der Waals surface area contributed by atoms with E-state index in [9.17, 15) is 28.1 Å². The first kappa shape index (κ1) is 95.0. The Morgan fingerprint density at radius 3 is 1.06 bits per heavy atom. The molecule has 0 aliphatic carbocycles. The number of carbonyl (C=O) groups excluding carboxylic acids is 3. The van der Waals surface area contributed by atoms with Gasteiger partial charge in [0.25, 0.3) is 0 Å². The highest BCUT2D eigenvalue weighted by molar-refractivity contribution is 7.71. The van der Waals surface area contributed by atoms with Gasteiger partial charge in [-0.05, 0) is 160 Å². The van der Waals surface area contributed by atoms with Gasteiger partial charge in [0.1, 0.15) is 76.8 Å². The minimum absolute atomic E-state index is 0.293. The van der Waals surface area contributed by atoms with Crippen LogP contribution >= 0.6 is 67.8 Å². The van der Waals surface area contributed by atoms with E-state index in [2.05, 4.69) is 115 Å². The highest BCUT2D eigenvalue weighted by Crippen LogP contribution is 2.44. The second kappa shape index (κ2) is 42.8. The number of nitrogen functional groups attached to an aromatic ring is 1. The van der Waals surface area contributed by atoms with E-state index in [0.29, 0.717) is 125 Å². The van der Waals surface area contributed by atoms with Crippen molar-refractivity contribution in [3.05, 3.63) is 202 Å². The van der Waals surface area contributed by atoms with Gasteiger partial charge in [-0.15, -0.1) is 0 Å². The average Bonchev–Trinajstić information content (AvgIpc) is 0.803. The summed E-state index contributed by atoms with van der Waals surface area (Å²) in [6.07, 6.45) is 7.47. The molecule has 0 saturated carbocycles. The normalized spacial score (nSPS) is 14.1. The molecule has 0 bridgehead atoms. The summed E-state index contributed by atoms with van der Waals surface area (Å²) < 4.78 is 61.3. The molecule has 3 fully saturated rings. The fourth-order valence-corrected chi connectivity index (χ4v) is 17.2. The topological polar surface area (TPSA) is 322 Å². The van der Waals surface area contributed by atoms with Gasteiger partial charge in [0.15, 0.2) is 17.5 Å². The number of nitrogens with one attached hydrogen (secondary N) is 5. The van der Waals surface area contributed by atoms with Crippen LogP contribution in [0, 0.1) is 0 Å². The predicted molar refractivity (Wildman–Crippen MR) is 498 cm³/mol. The number of hydrogen-bond acceptors (Lipinski definition) is 26. The van der Waals surface area contributed by atoms with Crippen LogP contribution in [0.5, 0.6) is 17.2 Å². The number of benzene rings is 6. The summed E-state index contributed by atoms with van der Waals surface area (Å²) in [4.78, 5) is 75.5. The van der Waals surface area contributed by atoms with Gasteiger partial charge in [-0.25, -0.2) is 34.7 Å². The Balaban J connectivity index is 0.000000201. The highest BCUT2D eigenvalue weighted by atomic mass is 35.5. The molecule has 6 heterocycles. The van der Waals surface area contributed by atoms with E-state index in [1.807, 2.05) is 130 Å². The lowest BCUT2D eigenvalue weighted by Gasteiger charge is -2.35. The summed E-state index contributed by atoms with van der Waals surface area (Å²) in [5.41, 5.74) is 15.1. The molecule has 12 rings (SSSR count). The number of carbonyl (C=O) groups is 3. The van der Waals surface area contributed by atoms with E-state index in [4.69, 9.17) is 76.1 Å². The van der Waals surface area contributed by atoms with Crippen LogP contribution in [0.2, 0.25) is 15.1 Å². The number of hydrogen-bond donors (Lipinski definition) is 6. The Hall–Kier alpha value is -9.82. The Bertz CT molecular complexity index is 5340. The maximum Gasteiger partial charge on any atom is 0.412 e. The third-order valence-electron chi connectivity index (χ3n) is 19.6. The van der Waals surface area contributed by atoms with Crippen molar-refractivity contribution >= 4 is 170 Å². The van der Waals surface area contributed by atoms with Crippen molar-refractivity contribution in [3.8, 4) is 17.2 Å². The van der Waals surface area contributed by atoms with Gasteiger partial charge in [0, 0.05) is 149 Å². The number of aromatic nitrogens is 6. The number of ether oxygens (including phenoxy) is 4. The van der Waals surface area contributed by atoms with Crippen LogP contribution in [0.1, 0.15) is 54.9 Å². The maximum atomic E-state index is 12.9. The largest absolute Gasteiger partial charge is 0.496 e. The number of allylic oxidation sites excluding steroid dienone is 1. The van der Waals surface area contributed by atoms with Crippen LogP contribution in [0.15, 0.2) is 153 Å². The lowest BCUT2D eigenvalue weighted by Crippen LogP contribution is -2.44. The van der Waals surface area contributed by atoms with Crippen molar-refractivity contribution in [2.45, 2.75) is 45.6 Å². The van der Waals surface area contributed by atoms with Crippen LogP contribution < -0.4 is 77.1 Å². The van der Waals surface area contributed by atoms with Crippen molar-refractivity contribution in [2.24, 2.45) is 0 Å². The lowest BCUT2D eigenvalue weighted by molar-refractivity contribution is -0.112. The third kappa shape index (κ3) is 27.3. The van der Waals surface area contributed by atoms with E-state index in [-0.39, 0.29) is 5.91 Å². The number of rotatable bonds is 25. The quantitative estimate of drug-likeness (QED) is 0.0134. The molecular weight excluding hydrogens is 1680 g/mol. The van der Waals surface area contributed by atoms with E-state index in [1.54, 1.807) is 67.5 Å². The molecular formula is C86H109Cl4N18O10P3. The molecule has 9 aromatic rings. The zero-order chi connectivity index (χ0) is 88.3. The molecule has 0 atom stereocenters. The van der Waals surface area contributed by atoms with Gasteiger partial charge < -0.3 is 89.0 Å². The summed E-state index contributed by atoms with van der Waals surface area (Å²) in [6.45, 7) is 33.3. The molecule has 3 aliphatic rings. The molecule has 0 spiro atoms. The van der Waals surface area contributed by atoms with Crippen molar-refractivity contribution in [1.29, 1.82) is 0 Å². The molecule has 35 heteroatoms. The Morgan fingerprint density at radius 1 is 0.463 bits per heavy atom. The number of likely N-dealkylation sites (N-methyl/N-ethyl adjacent to an activating group) is 3. The van der Waals surface area contributed by atoms with Crippen LogP contribution in [0.4, 0.5) is 73.4 Å². The fraction of sp³-hybridized carbons (Fsp3) is 0.360. The first-order valence-corrected chi connectivity index (χ1v) is 48.3. The molecule has 3 aromatic heterocycles. The van der Waals surface area contributed by atoms with E-state index in [1.165, 1.54) is 18.5 Å². The van der Waals surface area contributed by atoms with E-state index >= 15 is 0 Å². The summed E-state index contributed by atoms with van der Waals surface area (Å²) in [5.74, 6) is 4.59. The zero-order valence-electron chi connectivity index (χ0n) is 71.2. The third-order valence-corrected chi connectivity index (χ3v) is 25.3. The van der Waals surface area contributed by atoms with E-state index in [0.717, 1.165) is 129 Å². The van der Waals surface area contributed by atoms with Crippen molar-refractivity contribution in [1.82, 2.24) is 44.6 Å². The van der Waals surface area contributed by atoms with Crippen molar-refractivity contribution in [2.75, 3.05) is 208 Å². The smallest absolute Gasteiger partial charge is 0.412 e. The van der Waals surface area contributed by atoms with Crippen molar-refractivity contribution < 1.29 is 47.0 Å². The predicted octanol–water partition coefficient (Wildman–Crippen LogP) is 15.4. The standard InChI is InChI=1S/C30H40ClN6O4P.C28H34ClN6O3P.C25H32ClN6O2P.C3H3ClO/c1-30(2,3)41-29(38)34-23-16-20(25(40-5)18-24(23)37-14-12-36(4)13-15-37)17-27-32-19-21(31)28(35-27)33-22-10-8-9-11-26(22)42(6,7)39;1-6-27(36)31-22-15-19(24(38-3)17-23(22)35-13-11-34(2)12-14-35)16-26-30-18-20(29)28(33-26)32-21-9-7-8-10-25(21)39(4,5)37;1-31-9-11-32(12-10-31)21-15-22(34-2)17(13-19(21)27)14-24-28-16-18(26)25(30-24)29-20-7-5-6-8-23(20)35(3,4)33;1-2-3(4)5/h8-11,16,18-19H,12-15,17H2,1-7H3,(H,34,38)(H,32,33,35);6-10,15,17-18H,1,11-14,16H2,2-5H3,(H,31,36)(H,30,32,33);5-8,13,15-16H,9-12,14,27H2,1-4H3,(H,28,29,30);2H,1H2. The highest BCUT2D eigenvalue weighted by Gasteiger charge is 2.29. The fourth-order valence-electron chi connectivity index (χ4n) is 13.4. The van der Waals surface area contributed by atoms with Gasteiger partial charge in [-0.2, -0.15) is 0 Å². The van der Waals surface area contributed by atoms with Crippen LogP contribution in [-0.4, -0.2) is 228 Å². The van der Waals surface area contributed by atoms with Crippen LogP contribution in [0.25, 0.3) is 0 Å². The molecule has 646 valence electrons.